The smallest absolute Gasteiger partial charge is 0.214 e. The normalized spacial score (nSPS) is 27.8. The minimum Gasteiger partial charge on any atom is -0.481 e. The standard InChI is InChI=1S/C14H21N3O/c1-18-14-7-4-6-13(16-14)15-11-8-10-17-9-3-2-5-12(11)17/h4,6-7,11-12H,2-3,5,8-10H2,1H3,(H,15,16). The predicted molar refractivity (Wildman–Crippen MR) is 72.0 cm³/mol. The maximum atomic E-state index is 5.16. The number of nitrogens with one attached hydrogen (secondary N) is 1. The number of anilines is 1. The summed E-state index contributed by atoms with van der Waals surface area (Å²) in [5.74, 6) is 1.62. The van der Waals surface area contributed by atoms with E-state index in [1.54, 1.807) is 7.11 Å². The van der Waals surface area contributed by atoms with Gasteiger partial charge in [0.15, 0.2) is 0 Å². The highest BCUT2D eigenvalue weighted by Gasteiger charge is 2.35. The lowest BCUT2D eigenvalue weighted by Crippen LogP contribution is -2.41. The average molecular weight is 247 g/mol. The van der Waals surface area contributed by atoms with Gasteiger partial charge in [-0.1, -0.05) is 12.5 Å². The summed E-state index contributed by atoms with van der Waals surface area (Å²) >= 11 is 0. The summed E-state index contributed by atoms with van der Waals surface area (Å²) in [6.07, 6.45) is 5.27. The highest BCUT2D eigenvalue weighted by atomic mass is 16.5. The average Bonchev–Trinajstić information content (AvgIpc) is 2.83. The number of methoxy groups -OCH3 is 1. The molecule has 0 spiro atoms. The molecule has 0 bridgehead atoms. The number of pyridine rings is 1. The Hall–Kier alpha value is -1.29. The molecule has 2 aliphatic rings. The van der Waals surface area contributed by atoms with Crippen LogP contribution in [0, 0.1) is 0 Å². The molecule has 0 saturated carbocycles. The van der Waals surface area contributed by atoms with E-state index >= 15 is 0 Å². The van der Waals surface area contributed by atoms with Crippen LogP contribution in [0.5, 0.6) is 5.88 Å². The first kappa shape index (κ1) is 11.8. The number of hydrogen-bond donors (Lipinski definition) is 1. The molecule has 18 heavy (non-hydrogen) atoms. The zero-order valence-electron chi connectivity index (χ0n) is 10.9. The SMILES string of the molecule is COc1cccc(NC2CCN3CCCCC23)n1. The molecule has 2 fully saturated rings. The summed E-state index contributed by atoms with van der Waals surface area (Å²) in [4.78, 5) is 7.07. The van der Waals surface area contributed by atoms with Crippen molar-refractivity contribution in [1.29, 1.82) is 0 Å². The quantitative estimate of drug-likeness (QED) is 0.888. The van der Waals surface area contributed by atoms with Gasteiger partial charge in [0.1, 0.15) is 5.82 Å². The lowest BCUT2D eigenvalue weighted by atomic mass is 9.99. The molecule has 4 heteroatoms. The van der Waals surface area contributed by atoms with Crippen molar-refractivity contribution in [2.75, 3.05) is 25.5 Å². The first-order valence-corrected chi connectivity index (χ1v) is 6.88. The molecule has 0 amide bonds. The second kappa shape index (κ2) is 5.14. The lowest BCUT2D eigenvalue weighted by molar-refractivity contribution is 0.192. The van der Waals surface area contributed by atoms with Gasteiger partial charge in [0.05, 0.1) is 7.11 Å². The minimum atomic E-state index is 0.546. The Balaban J connectivity index is 1.68. The van der Waals surface area contributed by atoms with E-state index in [0.29, 0.717) is 18.0 Å². The summed E-state index contributed by atoms with van der Waals surface area (Å²) in [5.41, 5.74) is 0. The molecule has 0 radical (unpaired) electrons. The van der Waals surface area contributed by atoms with Gasteiger partial charge in [-0.15, -0.1) is 0 Å². The summed E-state index contributed by atoms with van der Waals surface area (Å²) in [6.45, 7) is 2.50. The topological polar surface area (TPSA) is 37.4 Å². The summed E-state index contributed by atoms with van der Waals surface area (Å²) in [5, 5.41) is 3.58. The maximum absolute atomic E-state index is 5.16. The van der Waals surface area contributed by atoms with Crippen LogP contribution in [0.2, 0.25) is 0 Å². The number of piperidine rings is 1. The molecule has 2 saturated heterocycles. The summed E-state index contributed by atoms with van der Waals surface area (Å²) in [6, 6.07) is 7.14. The van der Waals surface area contributed by atoms with E-state index in [1.165, 1.54) is 38.8 Å². The number of fused-ring (bicyclic) bond motifs is 1. The van der Waals surface area contributed by atoms with Crippen LogP contribution in [-0.2, 0) is 0 Å². The van der Waals surface area contributed by atoms with Gasteiger partial charge < -0.3 is 10.1 Å². The van der Waals surface area contributed by atoms with Crippen LogP contribution in [0.4, 0.5) is 5.82 Å². The van der Waals surface area contributed by atoms with Crippen molar-refractivity contribution in [3.05, 3.63) is 18.2 Å². The Bertz CT molecular complexity index is 410. The van der Waals surface area contributed by atoms with Crippen molar-refractivity contribution in [3.8, 4) is 5.88 Å². The van der Waals surface area contributed by atoms with Crippen LogP contribution in [0.3, 0.4) is 0 Å². The van der Waals surface area contributed by atoms with E-state index in [9.17, 15) is 0 Å². The number of aromatic nitrogens is 1. The molecule has 1 aromatic rings. The lowest BCUT2D eigenvalue weighted by Gasteiger charge is -2.32. The van der Waals surface area contributed by atoms with E-state index in [1.807, 2.05) is 18.2 Å². The van der Waals surface area contributed by atoms with E-state index in [-0.39, 0.29) is 0 Å². The number of nitrogens with zero attached hydrogens (tertiary/aromatic N) is 2. The third kappa shape index (κ3) is 2.29. The Morgan fingerprint density at radius 3 is 3.11 bits per heavy atom. The van der Waals surface area contributed by atoms with Crippen molar-refractivity contribution in [2.24, 2.45) is 0 Å². The van der Waals surface area contributed by atoms with Crippen LogP contribution in [-0.4, -0.2) is 42.2 Å². The Morgan fingerprint density at radius 1 is 1.28 bits per heavy atom. The third-order valence-electron chi connectivity index (χ3n) is 4.12. The van der Waals surface area contributed by atoms with Gasteiger partial charge in [0.25, 0.3) is 0 Å². The van der Waals surface area contributed by atoms with Crippen molar-refractivity contribution in [1.82, 2.24) is 9.88 Å². The first-order chi connectivity index (χ1) is 8.86. The fraction of sp³-hybridized carbons (Fsp3) is 0.643. The minimum absolute atomic E-state index is 0.546. The third-order valence-corrected chi connectivity index (χ3v) is 4.12. The fourth-order valence-electron chi connectivity index (χ4n) is 3.21. The number of rotatable bonds is 3. The Kier molecular flexibility index (Phi) is 3.37. The Morgan fingerprint density at radius 2 is 2.22 bits per heavy atom. The molecule has 0 aromatic carbocycles. The molecule has 98 valence electrons. The summed E-state index contributed by atoms with van der Waals surface area (Å²) in [7, 11) is 1.66. The van der Waals surface area contributed by atoms with E-state index in [2.05, 4.69) is 15.2 Å². The van der Waals surface area contributed by atoms with Gasteiger partial charge >= 0.3 is 0 Å². The van der Waals surface area contributed by atoms with Gasteiger partial charge in [0, 0.05) is 24.7 Å². The van der Waals surface area contributed by atoms with Gasteiger partial charge in [-0.25, -0.2) is 0 Å². The van der Waals surface area contributed by atoms with E-state index < -0.39 is 0 Å². The fourth-order valence-corrected chi connectivity index (χ4v) is 3.21. The van der Waals surface area contributed by atoms with E-state index in [4.69, 9.17) is 4.74 Å². The van der Waals surface area contributed by atoms with Gasteiger partial charge in [-0.05, 0) is 31.9 Å². The highest BCUT2D eigenvalue weighted by Crippen LogP contribution is 2.29. The highest BCUT2D eigenvalue weighted by molar-refractivity contribution is 5.39. The molecule has 1 aromatic heterocycles. The molecule has 2 atom stereocenters. The van der Waals surface area contributed by atoms with Crippen molar-refractivity contribution >= 4 is 5.82 Å². The zero-order chi connectivity index (χ0) is 12.4. The molecule has 2 unspecified atom stereocenters. The molecular formula is C14H21N3O. The molecule has 4 nitrogen and oxygen atoms in total. The molecule has 0 aliphatic carbocycles. The molecule has 2 aliphatic heterocycles. The van der Waals surface area contributed by atoms with Gasteiger partial charge in [0.2, 0.25) is 5.88 Å². The number of ether oxygens (including phenoxy) is 1. The van der Waals surface area contributed by atoms with Crippen LogP contribution in [0.15, 0.2) is 18.2 Å². The predicted octanol–water partition coefficient (Wildman–Crippen LogP) is 2.13. The first-order valence-electron chi connectivity index (χ1n) is 6.88. The molecule has 3 heterocycles. The van der Waals surface area contributed by atoms with Gasteiger partial charge in [-0.2, -0.15) is 4.98 Å². The summed E-state index contributed by atoms with van der Waals surface area (Å²) < 4.78 is 5.16. The van der Waals surface area contributed by atoms with Crippen LogP contribution in [0.25, 0.3) is 0 Å². The van der Waals surface area contributed by atoms with Crippen molar-refractivity contribution in [2.45, 2.75) is 37.8 Å². The van der Waals surface area contributed by atoms with Crippen molar-refractivity contribution < 1.29 is 4.74 Å². The Labute approximate surface area is 108 Å². The van der Waals surface area contributed by atoms with Crippen LogP contribution >= 0.6 is 0 Å². The second-order valence-corrected chi connectivity index (χ2v) is 5.20. The molecule has 3 rings (SSSR count). The monoisotopic (exact) mass is 247 g/mol. The zero-order valence-corrected chi connectivity index (χ0v) is 10.9. The number of hydrogen-bond acceptors (Lipinski definition) is 4. The van der Waals surface area contributed by atoms with Crippen LogP contribution in [0.1, 0.15) is 25.7 Å². The largest absolute Gasteiger partial charge is 0.481 e. The maximum Gasteiger partial charge on any atom is 0.214 e. The molecular weight excluding hydrogens is 226 g/mol. The van der Waals surface area contributed by atoms with Crippen molar-refractivity contribution in [3.63, 3.8) is 0 Å². The second-order valence-electron chi connectivity index (χ2n) is 5.20. The van der Waals surface area contributed by atoms with E-state index in [0.717, 1.165) is 5.82 Å². The van der Waals surface area contributed by atoms with Crippen LogP contribution < -0.4 is 10.1 Å². The molecule has 1 N–H and O–H groups in total. The van der Waals surface area contributed by atoms with Gasteiger partial charge in [-0.3, -0.25) is 4.90 Å².